The van der Waals surface area contributed by atoms with E-state index in [1.165, 1.54) is 6.92 Å². The number of rotatable bonds is 7. The molecule has 0 aromatic heterocycles. The van der Waals surface area contributed by atoms with E-state index in [9.17, 15) is 24.0 Å². The smallest absolute Gasteiger partial charge is 0.303 e. The third kappa shape index (κ3) is 6.30. The Labute approximate surface area is 258 Å². The first kappa shape index (κ1) is 31.4. The highest BCUT2D eigenvalue weighted by atomic mass is 35.5. The highest BCUT2D eigenvalue weighted by Gasteiger charge is 2.58. The number of carbonyl (C=O) groups is 5. The lowest BCUT2D eigenvalue weighted by Crippen LogP contribution is -2.66. The maximum absolute atomic E-state index is 13.9. The molecule has 1 fully saturated rings. The second kappa shape index (κ2) is 12.8. The van der Waals surface area contributed by atoms with Gasteiger partial charge < -0.3 is 18.9 Å². The van der Waals surface area contributed by atoms with Crippen molar-refractivity contribution in [2.24, 2.45) is 0 Å². The minimum atomic E-state index is -1.47. The van der Waals surface area contributed by atoms with Crippen molar-refractivity contribution >= 4 is 87.9 Å². The zero-order chi connectivity index (χ0) is 30.2. The molecule has 2 aromatic carbocycles. The topological polar surface area (TPSA) is 126 Å². The number of benzene rings is 2. The number of amides is 2. The lowest BCUT2D eigenvalue weighted by molar-refractivity contribution is -0.216. The predicted octanol–water partition coefficient (Wildman–Crippen LogP) is 5.21. The number of hydrogen-bond acceptors (Lipinski definition) is 10. The largest absolute Gasteiger partial charge is 0.463 e. The summed E-state index contributed by atoms with van der Waals surface area (Å²) in [5.41, 5.74) is -1.74. The van der Waals surface area contributed by atoms with Crippen molar-refractivity contribution in [2.45, 2.75) is 55.5 Å². The number of nitrogens with zero attached hydrogens (tertiary/aromatic N) is 1. The number of carbonyl (C=O) groups excluding carboxylic acids is 5. The van der Waals surface area contributed by atoms with Gasteiger partial charge in [0.2, 0.25) is 0 Å². The second-order valence-electron chi connectivity index (χ2n) is 8.90. The van der Waals surface area contributed by atoms with Gasteiger partial charge in [-0.2, -0.15) is 0 Å². The Morgan fingerprint density at radius 1 is 0.805 bits per heavy atom. The first-order chi connectivity index (χ1) is 19.3. The van der Waals surface area contributed by atoms with Gasteiger partial charge in [0.25, 0.3) is 11.8 Å². The van der Waals surface area contributed by atoms with Crippen molar-refractivity contribution in [1.82, 2.24) is 4.90 Å². The normalized spacial score (nSPS) is 23.7. The molecule has 41 heavy (non-hydrogen) atoms. The summed E-state index contributed by atoms with van der Waals surface area (Å²) in [6.07, 6.45) is -4.04. The van der Waals surface area contributed by atoms with Gasteiger partial charge in [-0.1, -0.05) is 76.4 Å². The Morgan fingerprint density at radius 3 is 1.80 bits per heavy atom. The molecular weight excluding hydrogens is 644 g/mol. The molecule has 1 saturated heterocycles. The lowest BCUT2D eigenvalue weighted by atomic mass is 9.96. The Bertz CT molecular complexity index is 1380. The molecule has 10 nitrogen and oxygen atoms in total. The monoisotopic (exact) mass is 663 g/mol. The van der Waals surface area contributed by atoms with Crippen LogP contribution < -0.4 is 0 Å². The van der Waals surface area contributed by atoms with Crippen LogP contribution in [-0.4, -0.2) is 71.0 Å². The van der Waals surface area contributed by atoms with Crippen LogP contribution in [0.4, 0.5) is 0 Å². The van der Waals surface area contributed by atoms with Gasteiger partial charge >= 0.3 is 17.9 Å². The van der Waals surface area contributed by atoms with Gasteiger partial charge in [0.1, 0.15) is 24.2 Å². The van der Waals surface area contributed by atoms with E-state index in [0.717, 1.165) is 30.5 Å². The van der Waals surface area contributed by atoms with Crippen molar-refractivity contribution in [3.8, 4) is 0 Å². The van der Waals surface area contributed by atoms with E-state index in [-0.39, 0.29) is 31.2 Å². The Balaban J connectivity index is 1.89. The SMILES string of the molecule is CC(=O)OC[C@H]1O[C@@H](Sc2ccccc2)[C@H](N2C(=O)c3c(Cl)c(Cl)c(Cl)c(Cl)c3C2=O)[C@@H](OC(C)=O)[C@@H]1OC(C)=O. The maximum Gasteiger partial charge on any atom is 0.303 e. The van der Waals surface area contributed by atoms with E-state index in [1.54, 1.807) is 30.3 Å². The second-order valence-corrected chi connectivity index (χ2v) is 11.6. The van der Waals surface area contributed by atoms with E-state index in [2.05, 4.69) is 0 Å². The molecule has 0 unspecified atom stereocenters. The molecule has 0 spiro atoms. The Morgan fingerprint density at radius 2 is 1.32 bits per heavy atom. The van der Waals surface area contributed by atoms with Crippen LogP contribution in [0.3, 0.4) is 0 Å². The third-order valence-electron chi connectivity index (χ3n) is 6.10. The first-order valence-corrected chi connectivity index (χ1v) is 14.3. The number of ether oxygens (including phenoxy) is 4. The molecule has 2 amide bonds. The average Bonchev–Trinajstić information content (AvgIpc) is 3.16. The summed E-state index contributed by atoms with van der Waals surface area (Å²) in [5, 5.41) is -1.06. The third-order valence-corrected chi connectivity index (χ3v) is 9.06. The van der Waals surface area contributed by atoms with Gasteiger partial charge in [-0.25, -0.2) is 0 Å². The van der Waals surface area contributed by atoms with Crippen LogP contribution in [0.25, 0.3) is 0 Å². The molecule has 0 radical (unpaired) electrons. The van der Waals surface area contributed by atoms with Gasteiger partial charge in [-0.15, -0.1) is 0 Å². The fourth-order valence-corrected chi connectivity index (χ4v) is 6.74. The van der Waals surface area contributed by atoms with Gasteiger partial charge in [0.15, 0.2) is 12.2 Å². The van der Waals surface area contributed by atoms with Gasteiger partial charge in [0, 0.05) is 25.7 Å². The summed E-state index contributed by atoms with van der Waals surface area (Å²) >= 11 is 26.1. The highest BCUT2D eigenvalue weighted by molar-refractivity contribution is 7.99. The average molecular weight is 665 g/mol. The molecule has 0 bridgehead atoms. The standard InChI is InChI=1S/C26H21Cl4NO9S/c1-10(32)37-9-14-22(38-11(2)33)23(39-12(3)34)21(26(40-14)41-13-7-5-4-6-8-13)31-24(35)15-16(25(31)36)18(28)20(30)19(29)17(15)27/h4-8,14,21-23,26H,9H2,1-3H3/t14-,21-,22-,23-,26+/m1/s1. The van der Waals surface area contributed by atoms with Crippen LogP contribution in [0.2, 0.25) is 20.1 Å². The summed E-state index contributed by atoms with van der Waals surface area (Å²) in [5.74, 6) is -4.08. The van der Waals surface area contributed by atoms with Crippen molar-refractivity contribution in [3.05, 3.63) is 61.5 Å². The van der Waals surface area contributed by atoms with Crippen LogP contribution >= 0.6 is 58.2 Å². The molecule has 0 saturated carbocycles. The van der Waals surface area contributed by atoms with Crippen molar-refractivity contribution in [3.63, 3.8) is 0 Å². The molecule has 4 rings (SSSR count). The molecular formula is C26H21Cl4NO9S. The molecule has 2 aromatic rings. The fourth-order valence-electron chi connectivity index (χ4n) is 4.52. The number of halogens is 4. The Kier molecular flexibility index (Phi) is 9.77. The number of imide groups is 1. The molecule has 218 valence electrons. The van der Waals surface area contributed by atoms with E-state index in [1.807, 2.05) is 0 Å². The molecule has 2 heterocycles. The van der Waals surface area contributed by atoms with E-state index in [4.69, 9.17) is 65.4 Å². The number of hydrogen-bond donors (Lipinski definition) is 0. The summed E-state index contributed by atoms with van der Waals surface area (Å²) in [7, 11) is 0. The van der Waals surface area contributed by atoms with Gasteiger partial charge in [0.05, 0.1) is 31.2 Å². The molecule has 15 heteroatoms. The highest BCUT2D eigenvalue weighted by Crippen LogP contribution is 2.47. The first-order valence-electron chi connectivity index (χ1n) is 11.9. The molecule has 0 aliphatic carbocycles. The number of esters is 3. The van der Waals surface area contributed by atoms with Crippen molar-refractivity contribution in [2.75, 3.05) is 6.61 Å². The Hall–Kier alpha value is -2.54. The number of fused-ring (bicyclic) bond motifs is 1. The minimum absolute atomic E-state index is 0.231. The molecule has 2 aliphatic rings. The molecule has 5 atom stereocenters. The predicted molar refractivity (Wildman–Crippen MR) is 149 cm³/mol. The van der Waals surface area contributed by atoms with Crippen LogP contribution in [0, 0.1) is 0 Å². The lowest BCUT2D eigenvalue weighted by Gasteiger charge is -2.47. The van der Waals surface area contributed by atoms with Crippen LogP contribution in [0.5, 0.6) is 0 Å². The summed E-state index contributed by atoms with van der Waals surface area (Å²) < 4.78 is 22.5. The number of thioether (sulfide) groups is 1. The van der Waals surface area contributed by atoms with Crippen LogP contribution in [-0.2, 0) is 33.3 Å². The van der Waals surface area contributed by atoms with E-state index < -0.39 is 66.1 Å². The van der Waals surface area contributed by atoms with Crippen LogP contribution in [0.15, 0.2) is 35.2 Å². The van der Waals surface area contributed by atoms with E-state index in [0.29, 0.717) is 4.90 Å². The maximum atomic E-state index is 13.9. The summed E-state index contributed by atoms with van der Waals surface area (Å²) in [4.78, 5) is 65.3. The molecule has 2 aliphatic heterocycles. The molecule has 0 N–H and O–H groups in total. The zero-order valence-electron chi connectivity index (χ0n) is 21.5. The van der Waals surface area contributed by atoms with Crippen molar-refractivity contribution in [1.29, 1.82) is 0 Å². The quantitative estimate of drug-likeness (QED) is 0.128. The van der Waals surface area contributed by atoms with Gasteiger partial charge in [-0.05, 0) is 12.1 Å². The van der Waals surface area contributed by atoms with Crippen molar-refractivity contribution < 1.29 is 42.9 Å². The fraction of sp³-hybridized carbons (Fsp3) is 0.346. The van der Waals surface area contributed by atoms with Gasteiger partial charge in [-0.3, -0.25) is 28.9 Å². The van der Waals surface area contributed by atoms with Crippen LogP contribution in [0.1, 0.15) is 41.5 Å². The van der Waals surface area contributed by atoms with E-state index >= 15 is 0 Å². The minimum Gasteiger partial charge on any atom is -0.463 e. The summed E-state index contributed by atoms with van der Waals surface area (Å²) in [6.45, 7) is 3.00. The zero-order valence-corrected chi connectivity index (χ0v) is 25.4. The summed E-state index contributed by atoms with van der Waals surface area (Å²) in [6, 6.07) is 7.40.